The van der Waals surface area contributed by atoms with Gasteiger partial charge in [0.1, 0.15) is 11.5 Å². The molecule has 0 radical (unpaired) electrons. The summed E-state index contributed by atoms with van der Waals surface area (Å²) in [6.45, 7) is 6.17. The molecule has 4 heteroatoms. The number of aromatic nitrogens is 4. The van der Waals surface area contributed by atoms with E-state index < -0.39 is 0 Å². The van der Waals surface area contributed by atoms with Crippen molar-refractivity contribution in [1.82, 2.24) is 20.2 Å². The highest BCUT2D eigenvalue weighted by molar-refractivity contribution is 5.53. The Morgan fingerprint density at radius 2 is 2.13 bits per heavy atom. The molecule has 2 aromatic heterocycles. The summed E-state index contributed by atoms with van der Waals surface area (Å²) in [4.78, 5) is 8.69. The van der Waals surface area contributed by atoms with Gasteiger partial charge in [0.05, 0.1) is 0 Å². The van der Waals surface area contributed by atoms with Crippen molar-refractivity contribution in [3.05, 3.63) is 29.7 Å². The van der Waals surface area contributed by atoms with E-state index in [-0.39, 0.29) is 0 Å². The number of hydrogen-bond donors (Lipinski definition) is 1. The summed E-state index contributed by atoms with van der Waals surface area (Å²) in [6, 6.07) is 3.92. The molecule has 1 N–H and O–H groups in total. The summed E-state index contributed by atoms with van der Waals surface area (Å²) in [5.41, 5.74) is 1.94. The van der Waals surface area contributed by atoms with Crippen molar-refractivity contribution in [3.8, 4) is 11.5 Å². The van der Waals surface area contributed by atoms with Gasteiger partial charge in [0.2, 0.25) is 0 Å². The Bertz CT molecular complexity index is 459. The molecule has 0 unspecified atom stereocenters. The molecule has 2 rings (SSSR count). The summed E-state index contributed by atoms with van der Waals surface area (Å²) in [7, 11) is 0. The number of aryl methyl sites for hydroxylation is 1. The standard InChI is InChI=1S/C11H14N4/c1-7(2)10-13-11(15-14-10)9-8(3)5-4-6-12-9/h4-7H,1-3H3,(H,13,14,15). The highest BCUT2D eigenvalue weighted by Crippen LogP contribution is 2.18. The number of nitrogens with one attached hydrogen (secondary N) is 1. The quantitative estimate of drug-likeness (QED) is 0.812. The molecular formula is C11H14N4. The maximum Gasteiger partial charge on any atom is 0.200 e. The first-order chi connectivity index (χ1) is 7.18. The lowest BCUT2D eigenvalue weighted by Crippen LogP contribution is -1.91. The van der Waals surface area contributed by atoms with E-state index in [2.05, 4.69) is 34.0 Å². The van der Waals surface area contributed by atoms with E-state index in [1.165, 1.54) is 0 Å². The zero-order valence-electron chi connectivity index (χ0n) is 9.15. The number of hydrogen-bond acceptors (Lipinski definition) is 3. The Kier molecular flexibility index (Phi) is 2.49. The van der Waals surface area contributed by atoms with Crippen LogP contribution in [0.5, 0.6) is 0 Å². The third kappa shape index (κ3) is 1.88. The normalized spacial score (nSPS) is 10.9. The summed E-state index contributed by atoms with van der Waals surface area (Å²) >= 11 is 0. The van der Waals surface area contributed by atoms with Gasteiger partial charge in [0, 0.05) is 12.1 Å². The fourth-order valence-electron chi connectivity index (χ4n) is 1.36. The van der Waals surface area contributed by atoms with Crippen LogP contribution in [-0.4, -0.2) is 20.2 Å². The summed E-state index contributed by atoms with van der Waals surface area (Å²) in [6.07, 6.45) is 1.76. The zero-order chi connectivity index (χ0) is 10.8. The number of aromatic amines is 1. The van der Waals surface area contributed by atoms with E-state index in [4.69, 9.17) is 0 Å². The van der Waals surface area contributed by atoms with Crippen LogP contribution in [0.4, 0.5) is 0 Å². The Morgan fingerprint density at radius 1 is 1.33 bits per heavy atom. The van der Waals surface area contributed by atoms with Crippen molar-refractivity contribution in [1.29, 1.82) is 0 Å². The topological polar surface area (TPSA) is 54.5 Å². The van der Waals surface area contributed by atoms with Crippen molar-refractivity contribution in [2.45, 2.75) is 26.7 Å². The van der Waals surface area contributed by atoms with Crippen molar-refractivity contribution in [2.75, 3.05) is 0 Å². The fourth-order valence-corrected chi connectivity index (χ4v) is 1.36. The van der Waals surface area contributed by atoms with Gasteiger partial charge in [0.25, 0.3) is 0 Å². The summed E-state index contributed by atoms with van der Waals surface area (Å²) in [5.74, 6) is 1.93. The second-order valence-corrected chi connectivity index (χ2v) is 3.87. The van der Waals surface area contributed by atoms with Crippen LogP contribution in [-0.2, 0) is 0 Å². The first-order valence-electron chi connectivity index (χ1n) is 5.02. The van der Waals surface area contributed by atoms with Gasteiger partial charge in [-0.15, -0.1) is 0 Å². The molecule has 0 atom stereocenters. The second kappa shape index (κ2) is 3.81. The van der Waals surface area contributed by atoms with Gasteiger partial charge in [0.15, 0.2) is 5.82 Å². The molecule has 78 valence electrons. The van der Waals surface area contributed by atoms with Crippen molar-refractivity contribution < 1.29 is 0 Å². The Labute approximate surface area is 88.8 Å². The fraction of sp³-hybridized carbons (Fsp3) is 0.364. The zero-order valence-corrected chi connectivity index (χ0v) is 9.15. The van der Waals surface area contributed by atoms with E-state index >= 15 is 0 Å². The van der Waals surface area contributed by atoms with Crippen molar-refractivity contribution in [2.24, 2.45) is 0 Å². The third-order valence-electron chi connectivity index (χ3n) is 2.27. The van der Waals surface area contributed by atoms with Crippen LogP contribution < -0.4 is 0 Å². The maximum absolute atomic E-state index is 4.41. The Morgan fingerprint density at radius 3 is 2.73 bits per heavy atom. The first kappa shape index (κ1) is 9.83. The monoisotopic (exact) mass is 202 g/mol. The minimum Gasteiger partial charge on any atom is -0.262 e. The molecule has 0 amide bonds. The molecule has 0 fully saturated rings. The van der Waals surface area contributed by atoms with E-state index in [0.29, 0.717) is 11.7 Å². The largest absolute Gasteiger partial charge is 0.262 e. The minimum atomic E-state index is 0.357. The molecule has 0 aliphatic heterocycles. The summed E-state index contributed by atoms with van der Waals surface area (Å²) < 4.78 is 0. The van der Waals surface area contributed by atoms with Gasteiger partial charge in [-0.2, -0.15) is 5.10 Å². The number of nitrogens with zero attached hydrogens (tertiary/aromatic N) is 3. The summed E-state index contributed by atoms with van der Waals surface area (Å²) in [5, 5.41) is 7.10. The average Bonchev–Trinajstić information content (AvgIpc) is 2.67. The maximum atomic E-state index is 4.41. The van der Waals surface area contributed by atoms with Crippen LogP contribution in [0.2, 0.25) is 0 Å². The van der Waals surface area contributed by atoms with E-state index in [9.17, 15) is 0 Å². The average molecular weight is 202 g/mol. The number of pyridine rings is 1. The number of H-pyrrole nitrogens is 1. The van der Waals surface area contributed by atoms with Crippen molar-refractivity contribution >= 4 is 0 Å². The molecule has 0 saturated carbocycles. The SMILES string of the molecule is Cc1cccnc1-c1n[nH]c(C(C)C)n1. The molecular weight excluding hydrogens is 188 g/mol. The molecule has 0 saturated heterocycles. The van der Waals surface area contributed by atoms with E-state index in [1.807, 2.05) is 19.1 Å². The molecule has 15 heavy (non-hydrogen) atoms. The Balaban J connectivity index is 2.42. The Hall–Kier alpha value is -1.71. The van der Waals surface area contributed by atoms with Gasteiger partial charge >= 0.3 is 0 Å². The number of rotatable bonds is 2. The van der Waals surface area contributed by atoms with Gasteiger partial charge in [-0.3, -0.25) is 10.1 Å². The van der Waals surface area contributed by atoms with E-state index in [0.717, 1.165) is 17.1 Å². The lowest BCUT2D eigenvalue weighted by molar-refractivity contribution is 0.781. The van der Waals surface area contributed by atoms with Crippen molar-refractivity contribution in [3.63, 3.8) is 0 Å². The molecule has 4 nitrogen and oxygen atoms in total. The predicted octanol–water partition coefficient (Wildman–Crippen LogP) is 2.30. The minimum absolute atomic E-state index is 0.357. The van der Waals surface area contributed by atoms with Gasteiger partial charge < -0.3 is 0 Å². The third-order valence-corrected chi connectivity index (χ3v) is 2.27. The molecule has 2 aromatic rings. The van der Waals surface area contributed by atoms with Crippen LogP contribution in [0, 0.1) is 6.92 Å². The molecule has 0 aliphatic carbocycles. The van der Waals surface area contributed by atoms with Gasteiger partial charge in [-0.05, 0) is 18.6 Å². The second-order valence-electron chi connectivity index (χ2n) is 3.87. The van der Waals surface area contributed by atoms with Crippen LogP contribution in [0.25, 0.3) is 11.5 Å². The van der Waals surface area contributed by atoms with Crippen LogP contribution >= 0.6 is 0 Å². The molecule has 0 spiro atoms. The molecule has 0 aliphatic rings. The highest BCUT2D eigenvalue weighted by atomic mass is 15.2. The smallest absolute Gasteiger partial charge is 0.200 e. The van der Waals surface area contributed by atoms with Gasteiger partial charge in [-0.1, -0.05) is 19.9 Å². The van der Waals surface area contributed by atoms with Crippen LogP contribution in [0.1, 0.15) is 31.2 Å². The predicted molar refractivity (Wildman–Crippen MR) is 58.4 cm³/mol. The molecule has 0 bridgehead atoms. The van der Waals surface area contributed by atoms with Crippen LogP contribution in [0.3, 0.4) is 0 Å². The first-order valence-corrected chi connectivity index (χ1v) is 5.02. The highest BCUT2D eigenvalue weighted by Gasteiger charge is 2.10. The van der Waals surface area contributed by atoms with Gasteiger partial charge in [-0.25, -0.2) is 4.98 Å². The van der Waals surface area contributed by atoms with Crippen LogP contribution in [0.15, 0.2) is 18.3 Å². The lowest BCUT2D eigenvalue weighted by atomic mass is 10.2. The molecule has 2 heterocycles. The lowest BCUT2D eigenvalue weighted by Gasteiger charge is -1.98. The van der Waals surface area contributed by atoms with E-state index in [1.54, 1.807) is 6.20 Å². The molecule has 0 aromatic carbocycles.